The maximum Gasteiger partial charge on any atom is 0.472 e. The van der Waals surface area contributed by atoms with Crippen LogP contribution in [0, 0.1) is 5.92 Å². The normalized spacial score (nSPS) is 14.2. The van der Waals surface area contributed by atoms with Crippen LogP contribution in [-0.2, 0) is 65.4 Å². The van der Waals surface area contributed by atoms with E-state index in [1.807, 2.05) is 0 Å². The molecule has 0 saturated carbocycles. The zero-order valence-electron chi connectivity index (χ0n) is 54.7. The molecule has 0 aliphatic heterocycles. The molecule has 3 N–H and O–H groups in total. The molecule has 85 heavy (non-hydrogen) atoms. The minimum absolute atomic E-state index is 0.106. The zero-order chi connectivity index (χ0) is 62.8. The summed E-state index contributed by atoms with van der Waals surface area (Å²) < 4.78 is 68.0. The summed E-state index contributed by atoms with van der Waals surface area (Å²) >= 11 is 0. The van der Waals surface area contributed by atoms with Crippen molar-refractivity contribution in [1.29, 1.82) is 0 Å². The van der Waals surface area contributed by atoms with Gasteiger partial charge in [0.05, 0.1) is 26.4 Å². The third kappa shape index (κ3) is 60.7. The highest BCUT2D eigenvalue weighted by Crippen LogP contribution is 2.45. The second kappa shape index (κ2) is 59.7. The highest BCUT2D eigenvalue weighted by Gasteiger charge is 2.30. The summed E-state index contributed by atoms with van der Waals surface area (Å²) in [6, 6.07) is 0. The molecule has 0 aromatic carbocycles. The van der Waals surface area contributed by atoms with Gasteiger partial charge in [-0.3, -0.25) is 37.3 Å². The molecule has 0 rings (SSSR count). The van der Waals surface area contributed by atoms with E-state index in [2.05, 4.69) is 34.6 Å². The summed E-state index contributed by atoms with van der Waals surface area (Å²) in [4.78, 5) is 72.2. The molecule has 504 valence electrons. The largest absolute Gasteiger partial charge is 0.472 e. The van der Waals surface area contributed by atoms with Crippen molar-refractivity contribution in [1.82, 2.24) is 0 Å². The topological polar surface area (TPSA) is 237 Å². The van der Waals surface area contributed by atoms with Gasteiger partial charge < -0.3 is 33.8 Å². The summed E-state index contributed by atoms with van der Waals surface area (Å²) in [6.07, 6.45) is 44.5. The lowest BCUT2D eigenvalue weighted by Crippen LogP contribution is -2.30. The number of rotatable bonds is 66. The highest BCUT2D eigenvalue weighted by molar-refractivity contribution is 7.47. The lowest BCUT2D eigenvalue weighted by Gasteiger charge is -2.21. The van der Waals surface area contributed by atoms with E-state index in [0.717, 1.165) is 109 Å². The first-order chi connectivity index (χ1) is 41.0. The highest BCUT2D eigenvalue weighted by atomic mass is 31.2. The lowest BCUT2D eigenvalue weighted by molar-refractivity contribution is -0.161. The fourth-order valence-corrected chi connectivity index (χ4v) is 11.5. The SMILES string of the molecule is CCCCCCCCCCCCCCCCCCC(=O)O[C@H](COC(=O)CCCCCCCCCCCC(C)C)COP(=O)(O)OC[C@@H](O)COP(=O)(O)OC[C@@H](COC(=O)CCCCCCCCC)OC(=O)CCCCCCCCCCCC. The van der Waals surface area contributed by atoms with E-state index in [1.165, 1.54) is 148 Å². The molecule has 0 heterocycles. The van der Waals surface area contributed by atoms with Gasteiger partial charge in [-0.05, 0) is 31.6 Å². The number of phosphoric acid groups is 2. The third-order valence-corrected chi connectivity index (χ3v) is 17.2. The van der Waals surface area contributed by atoms with E-state index in [9.17, 15) is 43.2 Å². The van der Waals surface area contributed by atoms with Gasteiger partial charge in [0.1, 0.15) is 19.3 Å². The van der Waals surface area contributed by atoms with Crippen molar-refractivity contribution in [2.75, 3.05) is 39.6 Å². The molecule has 2 unspecified atom stereocenters. The Morgan fingerprint density at radius 2 is 0.541 bits per heavy atom. The van der Waals surface area contributed by atoms with Crippen LogP contribution in [0.1, 0.15) is 336 Å². The fraction of sp³-hybridized carbons (Fsp3) is 0.939. The molecule has 0 spiro atoms. The van der Waals surface area contributed by atoms with Crippen LogP contribution >= 0.6 is 15.6 Å². The van der Waals surface area contributed by atoms with Crippen LogP contribution in [0.4, 0.5) is 0 Å². The van der Waals surface area contributed by atoms with Crippen LogP contribution in [0.3, 0.4) is 0 Å². The zero-order valence-corrected chi connectivity index (χ0v) is 56.5. The molecule has 19 heteroatoms. The van der Waals surface area contributed by atoms with Crippen molar-refractivity contribution in [2.24, 2.45) is 5.92 Å². The van der Waals surface area contributed by atoms with E-state index < -0.39 is 97.5 Å². The molecule has 17 nitrogen and oxygen atoms in total. The molecule has 0 aromatic heterocycles. The molecule has 0 saturated heterocycles. The number of esters is 4. The van der Waals surface area contributed by atoms with E-state index in [4.69, 9.17) is 37.0 Å². The molecular weight excluding hydrogens is 1130 g/mol. The summed E-state index contributed by atoms with van der Waals surface area (Å²) in [7, 11) is -9.88. The summed E-state index contributed by atoms with van der Waals surface area (Å²) in [5, 5.41) is 10.5. The Hall–Kier alpha value is -1.94. The van der Waals surface area contributed by atoms with E-state index in [1.54, 1.807) is 0 Å². The number of unbranched alkanes of at least 4 members (excludes halogenated alkanes) is 38. The minimum atomic E-state index is -4.95. The number of carbonyl (C=O) groups excluding carboxylic acids is 4. The van der Waals surface area contributed by atoms with Crippen molar-refractivity contribution < 1.29 is 80.2 Å². The Morgan fingerprint density at radius 3 is 0.800 bits per heavy atom. The quantitative estimate of drug-likeness (QED) is 0.0222. The first-order valence-electron chi connectivity index (χ1n) is 34.6. The standard InChI is InChI=1S/C66H128O17P2/c1-6-9-12-15-18-20-22-23-24-25-26-27-31-37-42-47-52-66(71)83-62(56-77-64(69)50-45-40-35-32-28-29-34-38-43-48-59(4)5)58-81-85(74,75)79-54-60(67)53-78-84(72,73)80-57-61(55-76-63(68)49-44-39-33-17-14-11-8-3)82-65(70)51-46-41-36-30-21-19-16-13-10-7-2/h59-62,67H,6-58H2,1-5H3,(H,72,73)(H,74,75)/t60-,61+,62+/m0/s1. The summed E-state index contributed by atoms with van der Waals surface area (Å²) in [5.74, 6) is -1.39. The second-order valence-electron chi connectivity index (χ2n) is 24.3. The molecule has 0 amide bonds. The minimum Gasteiger partial charge on any atom is -0.462 e. The Bertz CT molecular complexity index is 1650. The molecular formula is C66H128O17P2. The second-order valence-corrected chi connectivity index (χ2v) is 27.2. The van der Waals surface area contributed by atoms with Gasteiger partial charge in [-0.1, -0.05) is 285 Å². The van der Waals surface area contributed by atoms with Crippen molar-refractivity contribution in [3.8, 4) is 0 Å². The number of aliphatic hydroxyl groups is 1. The molecule has 0 bridgehead atoms. The Balaban J connectivity index is 5.20. The first-order valence-corrected chi connectivity index (χ1v) is 37.6. The Kier molecular flexibility index (Phi) is 58.3. The van der Waals surface area contributed by atoms with Gasteiger partial charge in [0, 0.05) is 25.7 Å². The molecule has 0 fully saturated rings. The van der Waals surface area contributed by atoms with Crippen LogP contribution in [-0.4, -0.2) is 96.7 Å². The molecule has 0 aliphatic carbocycles. The number of aliphatic hydroxyl groups excluding tert-OH is 1. The number of hydrogen-bond donors (Lipinski definition) is 3. The number of ether oxygens (including phenoxy) is 4. The third-order valence-electron chi connectivity index (χ3n) is 15.3. The smallest absolute Gasteiger partial charge is 0.462 e. The van der Waals surface area contributed by atoms with Crippen molar-refractivity contribution >= 4 is 39.5 Å². The fourth-order valence-electron chi connectivity index (χ4n) is 9.94. The van der Waals surface area contributed by atoms with Gasteiger partial charge in [-0.15, -0.1) is 0 Å². The summed E-state index contributed by atoms with van der Waals surface area (Å²) in [6.45, 7) is 7.15. The number of carbonyl (C=O) groups is 4. The lowest BCUT2D eigenvalue weighted by atomic mass is 10.0. The molecule has 0 radical (unpaired) electrons. The predicted octanol–water partition coefficient (Wildman–Crippen LogP) is 18.6. The number of phosphoric ester groups is 2. The van der Waals surface area contributed by atoms with Crippen LogP contribution in [0.2, 0.25) is 0 Å². The van der Waals surface area contributed by atoms with Crippen LogP contribution < -0.4 is 0 Å². The monoisotopic (exact) mass is 1250 g/mol. The van der Waals surface area contributed by atoms with E-state index in [0.29, 0.717) is 25.7 Å². The van der Waals surface area contributed by atoms with Crippen LogP contribution in [0.5, 0.6) is 0 Å². The maximum atomic E-state index is 13.0. The summed E-state index contributed by atoms with van der Waals surface area (Å²) in [5.41, 5.74) is 0. The van der Waals surface area contributed by atoms with Crippen LogP contribution in [0.25, 0.3) is 0 Å². The van der Waals surface area contributed by atoms with Gasteiger partial charge in [0.15, 0.2) is 12.2 Å². The van der Waals surface area contributed by atoms with Crippen molar-refractivity contribution in [3.05, 3.63) is 0 Å². The van der Waals surface area contributed by atoms with E-state index in [-0.39, 0.29) is 25.7 Å². The average Bonchev–Trinajstić information content (AvgIpc) is 3.57. The Morgan fingerprint density at radius 1 is 0.318 bits per heavy atom. The first kappa shape index (κ1) is 83.1. The van der Waals surface area contributed by atoms with Crippen molar-refractivity contribution in [3.63, 3.8) is 0 Å². The molecule has 0 aromatic rings. The number of hydrogen-bond acceptors (Lipinski definition) is 15. The predicted molar refractivity (Wildman–Crippen MR) is 340 cm³/mol. The van der Waals surface area contributed by atoms with Gasteiger partial charge in [-0.2, -0.15) is 0 Å². The van der Waals surface area contributed by atoms with Gasteiger partial charge >= 0.3 is 39.5 Å². The van der Waals surface area contributed by atoms with Crippen molar-refractivity contribution in [2.45, 2.75) is 355 Å². The van der Waals surface area contributed by atoms with Gasteiger partial charge in [-0.25, -0.2) is 9.13 Å². The maximum absolute atomic E-state index is 13.0. The van der Waals surface area contributed by atoms with E-state index >= 15 is 0 Å². The van der Waals surface area contributed by atoms with Gasteiger partial charge in [0.2, 0.25) is 0 Å². The Labute approximate surface area is 517 Å². The van der Waals surface area contributed by atoms with Gasteiger partial charge in [0.25, 0.3) is 0 Å². The van der Waals surface area contributed by atoms with Crippen LogP contribution in [0.15, 0.2) is 0 Å². The molecule has 5 atom stereocenters. The molecule has 0 aliphatic rings. The average molecular weight is 1260 g/mol.